The number of hydrogen-bond acceptors (Lipinski definition) is 12. The van der Waals surface area contributed by atoms with Gasteiger partial charge < -0.3 is 61.3 Å². The molecule has 0 aromatic heterocycles. The van der Waals surface area contributed by atoms with Crippen LogP contribution in [0.3, 0.4) is 0 Å². The third kappa shape index (κ3) is 9.00. The summed E-state index contributed by atoms with van der Waals surface area (Å²) in [5.41, 5.74) is 0. The lowest BCUT2D eigenvalue weighted by Gasteiger charge is -2.23. The van der Waals surface area contributed by atoms with Gasteiger partial charge in [-0.3, -0.25) is 0 Å². The molecule has 15 heteroatoms. The van der Waals surface area contributed by atoms with Crippen LogP contribution in [0.1, 0.15) is 0 Å². The summed E-state index contributed by atoms with van der Waals surface area (Å²) in [6.45, 7) is -0.843. The van der Waals surface area contributed by atoms with Crippen LogP contribution in [0.2, 0.25) is 0 Å². The maximum absolute atomic E-state index is 10.1. The lowest BCUT2D eigenvalue weighted by atomic mass is 10.0. The zero-order valence-electron chi connectivity index (χ0n) is 13.4. The average molecular weight is 406 g/mol. The van der Waals surface area contributed by atoms with Gasteiger partial charge in [0.15, 0.2) is 18.3 Å². The summed E-state index contributed by atoms with van der Waals surface area (Å²) in [5, 5.41) is 103. The first-order valence-electron chi connectivity index (χ1n) is 6.94. The molecule has 0 aliphatic carbocycles. The van der Waals surface area contributed by atoms with Crippen LogP contribution in [0.25, 0.3) is 0 Å². The molecule has 15 nitrogen and oxygen atoms in total. The molecule has 0 bridgehead atoms. The van der Waals surface area contributed by atoms with Crippen LogP contribution >= 0.6 is 0 Å². The fraction of sp³-hybridized carbons (Fsp3) is 0.750. The van der Waals surface area contributed by atoms with Gasteiger partial charge in [-0.15, -0.1) is 0 Å². The number of aliphatic hydroxyl groups excluding tert-OH is 9. The van der Waals surface area contributed by atoms with Gasteiger partial charge in [0.2, 0.25) is 0 Å². The monoisotopic (exact) mass is 406 g/mol. The molecule has 0 radical (unpaired) electrons. The van der Waals surface area contributed by atoms with Gasteiger partial charge in [0, 0.05) is 0 Å². The Labute approximate surface area is 150 Å². The zero-order chi connectivity index (χ0) is 22.1. The Morgan fingerprint density at radius 3 is 0.926 bits per heavy atom. The molecule has 0 unspecified atom stereocenters. The Balaban J connectivity index is 0. The molecule has 0 saturated carbocycles. The van der Waals surface area contributed by atoms with E-state index in [9.17, 15) is 14.4 Å². The van der Waals surface area contributed by atoms with E-state index in [-0.39, 0.29) is 0 Å². The van der Waals surface area contributed by atoms with Crippen molar-refractivity contribution >= 4 is 17.9 Å². The number of carboxylic acids is 3. The van der Waals surface area contributed by atoms with E-state index >= 15 is 0 Å². The van der Waals surface area contributed by atoms with Crippen molar-refractivity contribution < 1.29 is 75.7 Å². The van der Waals surface area contributed by atoms with Crippen LogP contribution in [0, 0.1) is 0 Å². The first kappa shape index (κ1) is 27.3. The lowest BCUT2D eigenvalue weighted by molar-refractivity contribution is -0.172. The molecular weight excluding hydrogens is 384 g/mol. The summed E-state index contributed by atoms with van der Waals surface area (Å²) >= 11 is 0. The van der Waals surface area contributed by atoms with Gasteiger partial charge in [-0.1, -0.05) is 0 Å². The van der Waals surface area contributed by atoms with Crippen molar-refractivity contribution in [2.24, 2.45) is 0 Å². The van der Waals surface area contributed by atoms with Gasteiger partial charge in [-0.2, -0.15) is 0 Å². The Morgan fingerprint density at radius 1 is 0.519 bits per heavy atom. The number of hydrogen-bond donors (Lipinski definition) is 12. The van der Waals surface area contributed by atoms with E-state index in [0.717, 1.165) is 0 Å². The van der Waals surface area contributed by atoms with Gasteiger partial charge in [-0.05, 0) is 0 Å². The van der Waals surface area contributed by atoms with Crippen molar-refractivity contribution in [1.29, 1.82) is 0 Å². The molecule has 0 aromatic carbocycles. The Bertz CT molecular complexity index is 457. The molecular formula is C12H22O15. The van der Waals surface area contributed by atoms with Crippen molar-refractivity contribution in [1.82, 2.24) is 0 Å². The topological polar surface area (TPSA) is 294 Å². The fourth-order valence-electron chi connectivity index (χ4n) is 1.33. The second kappa shape index (κ2) is 12.4. The highest BCUT2D eigenvalue weighted by Crippen LogP contribution is 2.06. The largest absolute Gasteiger partial charge is 0.479 e. The summed E-state index contributed by atoms with van der Waals surface area (Å²) in [7, 11) is 0. The number of aliphatic carboxylic acids is 3. The van der Waals surface area contributed by atoms with E-state index in [2.05, 4.69) is 0 Å². The van der Waals surface area contributed by atoms with Crippen molar-refractivity contribution in [2.45, 2.75) is 48.8 Å². The highest BCUT2D eigenvalue weighted by atomic mass is 16.4. The van der Waals surface area contributed by atoms with Gasteiger partial charge in [-0.25, -0.2) is 14.4 Å². The van der Waals surface area contributed by atoms with E-state index < -0.39 is 73.3 Å². The summed E-state index contributed by atoms with van der Waals surface area (Å²) in [4.78, 5) is 30.3. The maximum atomic E-state index is 10.1. The van der Waals surface area contributed by atoms with Crippen molar-refractivity contribution in [3.05, 3.63) is 0 Å². The maximum Gasteiger partial charge on any atom is 0.335 e. The lowest BCUT2D eigenvalue weighted by Crippen LogP contribution is -2.49. The molecule has 27 heavy (non-hydrogen) atoms. The molecule has 0 aliphatic rings. The van der Waals surface area contributed by atoms with Crippen LogP contribution in [0.5, 0.6) is 0 Å². The summed E-state index contributed by atoms with van der Waals surface area (Å²) in [6.07, 6.45) is -17.1. The summed E-state index contributed by atoms with van der Waals surface area (Å²) in [6, 6.07) is 0. The Morgan fingerprint density at radius 2 is 0.741 bits per heavy atom. The fourth-order valence-corrected chi connectivity index (χ4v) is 1.33. The molecule has 0 rings (SSSR count). The minimum Gasteiger partial charge on any atom is -0.479 e. The minimum atomic E-state index is -2.36. The van der Waals surface area contributed by atoms with Crippen LogP contribution in [-0.4, -0.2) is 135 Å². The number of carboxylic acid groups (broad SMARTS) is 3. The van der Waals surface area contributed by atoms with Crippen molar-refractivity contribution in [3.63, 3.8) is 0 Å². The molecule has 0 aromatic rings. The first-order valence-corrected chi connectivity index (χ1v) is 6.94. The van der Waals surface area contributed by atoms with Gasteiger partial charge in [0.05, 0.1) is 6.61 Å². The van der Waals surface area contributed by atoms with Gasteiger partial charge >= 0.3 is 17.9 Å². The summed E-state index contributed by atoms with van der Waals surface area (Å²) < 4.78 is 0. The Kier molecular flexibility index (Phi) is 12.6. The average Bonchev–Trinajstić information content (AvgIpc) is 2.62. The van der Waals surface area contributed by atoms with Crippen LogP contribution in [0.4, 0.5) is 0 Å². The number of carbonyl (C=O) groups is 3. The van der Waals surface area contributed by atoms with Gasteiger partial charge in [0.1, 0.15) is 30.5 Å². The van der Waals surface area contributed by atoms with E-state index in [4.69, 9.17) is 61.3 Å². The van der Waals surface area contributed by atoms with E-state index in [0.29, 0.717) is 0 Å². The zero-order valence-corrected chi connectivity index (χ0v) is 13.4. The highest BCUT2D eigenvalue weighted by Gasteiger charge is 2.37. The Hall–Kier alpha value is -1.95. The normalized spacial score (nSPS) is 19.9. The molecule has 0 spiro atoms. The number of aliphatic hydroxyl groups is 9. The standard InChI is InChI=1S/C6H10O8.C6H12O7/c7-1(3(9)5(11)12)2(8)4(10)6(13)14;7-1-2(8)3(9)4(10)5(11)6(12)13/h1-4,7-10H,(H,11,12)(H,13,14);2-5,7-11H,1H2,(H,12,13)/t1-,2-,3-,4+;2-,3-,4+,5-/m01/s1. The highest BCUT2D eigenvalue weighted by molar-refractivity contribution is 5.75. The smallest absolute Gasteiger partial charge is 0.335 e. The second-order valence-electron chi connectivity index (χ2n) is 5.06. The molecule has 12 N–H and O–H groups in total. The predicted octanol–water partition coefficient (Wildman–Crippen LogP) is -6.89. The molecule has 0 heterocycles. The van der Waals surface area contributed by atoms with E-state index in [1.807, 2.05) is 0 Å². The molecule has 0 saturated heterocycles. The van der Waals surface area contributed by atoms with Crippen molar-refractivity contribution in [3.8, 4) is 0 Å². The van der Waals surface area contributed by atoms with Crippen LogP contribution in [0.15, 0.2) is 0 Å². The predicted molar refractivity (Wildman–Crippen MR) is 78.0 cm³/mol. The SMILES string of the molecule is O=C(O)[C@@H](O)[C@@H](O)[C@H](O)[C@@H](O)C(=O)O.O=C(O)[C@H](O)[C@@H](O)[C@H](O)[C@H](O)CO. The second-order valence-corrected chi connectivity index (χ2v) is 5.06. The molecule has 0 amide bonds. The quantitative estimate of drug-likeness (QED) is 0.160. The van der Waals surface area contributed by atoms with Gasteiger partial charge in [0.25, 0.3) is 0 Å². The first-order chi connectivity index (χ1) is 12.2. The van der Waals surface area contributed by atoms with Crippen LogP contribution in [-0.2, 0) is 14.4 Å². The third-order valence-corrected chi connectivity index (χ3v) is 3.01. The molecule has 0 fully saturated rings. The molecule has 8 atom stereocenters. The molecule has 0 aliphatic heterocycles. The van der Waals surface area contributed by atoms with E-state index in [1.165, 1.54) is 0 Å². The number of rotatable bonds is 10. The third-order valence-electron chi connectivity index (χ3n) is 3.01. The van der Waals surface area contributed by atoms with E-state index in [1.54, 1.807) is 0 Å². The van der Waals surface area contributed by atoms with Crippen LogP contribution < -0.4 is 0 Å². The summed E-state index contributed by atoms with van der Waals surface area (Å²) in [5.74, 6) is -5.40. The molecule has 160 valence electrons. The van der Waals surface area contributed by atoms with Crippen molar-refractivity contribution in [2.75, 3.05) is 6.61 Å². The minimum absolute atomic E-state index is 0.843.